The molecule has 14 nitrogen and oxygen atoms in total. The number of allylic oxidation sites excluding steroid dienone is 1. The first-order chi connectivity index (χ1) is 23.3. The number of rotatable bonds is 16. The highest BCUT2D eigenvalue weighted by Gasteiger charge is 2.62. The van der Waals surface area contributed by atoms with Gasteiger partial charge in [-0.15, -0.1) is 28.2 Å². The number of alkyl carbamates (subject to hydrolysis) is 1. The van der Waals surface area contributed by atoms with Crippen molar-refractivity contribution in [3.05, 3.63) is 55.4 Å². The van der Waals surface area contributed by atoms with E-state index in [9.17, 15) is 19.2 Å². The summed E-state index contributed by atoms with van der Waals surface area (Å²) in [6.07, 6.45) is 6.78. The largest absolute Gasteiger partial charge is 0.497 e. The fourth-order valence-electron chi connectivity index (χ4n) is 6.01. The maximum absolute atomic E-state index is 14.4. The molecular formula is C35H49N7O7. The van der Waals surface area contributed by atoms with Gasteiger partial charge in [0.1, 0.15) is 29.0 Å². The minimum Gasteiger partial charge on any atom is -0.497 e. The van der Waals surface area contributed by atoms with E-state index in [2.05, 4.69) is 39.2 Å². The first-order valence-corrected chi connectivity index (χ1v) is 16.8. The van der Waals surface area contributed by atoms with Crippen molar-refractivity contribution in [1.29, 1.82) is 0 Å². The van der Waals surface area contributed by atoms with Crippen LogP contribution >= 0.6 is 0 Å². The van der Waals surface area contributed by atoms with E-state index in [-0.39, 0.29) is 25.5 Å². The van der Waals surface area contributed by atoms with Crippen molar-refractivity contribution in [2.75, 3.05) is 20.3 Å². The Morgan fingerprint density at radius 2 is 1.86 bits per heavy atom. The van der Waals surface area contributed by atoms with Gasteiger partial charge in [-0.2, -0.15) is 0 Å². The molecule has 1 aromatic carbocycles. The second-order valence-corrected chi connectivity index (χ2v) is 13.4. The summed E-state index contributed by atoms with van der Waals surface area (Å²) in [7, 11) is 1.58. The molecular weight excluding hydrogens is 630 g/mol. The van der Waals surface area contributed by atoms with Crippen LogP contribution in [0.3, 0.4) is 0 Å². The minimum absolute atomic E-state index is 0.0888. The summed E-state index contributed by atoms with van der Waals surface area (Å²) in [5.74, 6) is -1.25. The Labute approximate surface area is 287 Å². The summed E-state index contributed by atoms with van der Waals surface area (Å²) in [6, 6.07) is 5.17. The van der Waals surface area contributed by atoms with Gasteiger partial charge in [0.2, 0.25) is 11.8 Å². The lowest BCUT2D eigenvalue weighted by molar-refractivity contribution is -0.150. The molecule has 1 aromatic heterocycles. The van der Waals surface area contributed by atoms with Crippen molar-refractivity contribution < 1.29 is 33.4 Å². The summed E-state index contributed by atoms with van der Waals surface area (Å²) in [5.41, 5.74) is -1.38. The highest BCUT2D eigenvalue weighted by molar-refractivity contribution is 5.96. The summed E-state index contributed by atoms with van der Waals surface area (Å²) in [6.45, 7) is 14.7. The Morgan fingerprint density at radius 1 is 1.12 bits per heavy atom. The molecule has 5 atom stereocenters. The van der Waals surface area contributed by atoms with Crippen molar-refractivity contribution in [1.82, 2.24) is 35.7 Å². The van der Waals surface area contributed by atoms with Gasteiger partial charge in [0.05, 0.1) is 19.4 Å². The molecule has 49 heavy (non-hydrogen) atoms. The molecule has 2 aliphatic rings. The number of carbonyl (C=O) groups is 4. The molecule has 0 bridgehead atoms. The highest BCUT2D eigenvalue weighted by Crippen LogP contribution is 2.46. The third-order valence-corrected chi connectivity index (χ3v) is 8.66. The number of benzene rings is 1. The second kappa shape index (κ2) is 16.1. The van der Waals surface area contributed by atoms with Crippen LogP contribution < -0.4 is 15.4 Å². The highest BCUT2D eigenvalue weighted by atomic mass is 16.6. The maximum Gasteiger partial charge on any atom is 0.408 e. The molecule has 1 aliphatic heterocycles. The Hall–Kier alpha value is -4.75. The number of amides is 3. The van der Waals surface area contributed by atoms with Crippen molar-refractivity contribution in [3.63, 3.8) is 0 Å². The number of tetrazole rings is 1. The Balaban J connectivity index is 1.62. The predicted octanol–water partition coefficient (Wildman–Crippen LogP) is 4.01. The van der Waals surface area contributed by atoms with Gasteiger partial charge in [-0.3, -0.25) is 9.59 Å². The number of hydrogen-bond acceptors (Lipinski definition) is 10. The predicted molar refractivity (Wildman–Crippen MR) is 181 cm³/mol. The van der Waals surface area contributed by atoms with Crippen LogP contribution in [-0.2, 0) is 23.9 Å². The van der Waals surface area contributed by atoms with Crippen molar-refractivity contribution in [2.24, 2.45) is 5.92 Å². The number of ether oxygens (including phenoxy) is 3. The molecule has 2 aromatic rings. The molecule has 0 radical (unpaired) electrons. The van der Waals surface area contributed by atoms with Gasteiger partial charge >= 0.3 is 12.1 Å². The van der Waals surface area contributed by atoms with Crippen LogP contribution in [0.4, 0.5) is 4.79 Å². The monoisotopic (exact) mass is 679 g/mol. The van der Waals surface area contributed by atoms with Crippen molar-refractivity contribution in [2.45, 2.75) is 102 Å². The molecule has 0 spiro atoms. The summed E-state index contributed by atoms with van der Waals surface area (Å²) < 4.78 is 16.0. The smallest absolute Gasteiger partial charge is 0.408 e. The average Bonchev–Trinajstić information content (AvgIpc) is 3.36. The molecule has 2 heterocycles. The quantitative estimate of drug-likeness (QED) is 0.150. The summed E-state index contributed by atoms with van der Waals surface area (Å²) in [5, 5.41) is 18.7. The van der Waals surface area contributed by atoms with Crippen LogP contribution in [-0.4, -0.2) is 92.5 Å². The molecule has 3 amide bonds. The second-order valence-electron chi connectivity index (χ2n) is 13.4. The van der Waals surface area contributed by atoms with Crippen molar-refractivity contribution >= 4 is 23.9 Å². The zero-order valence-electron chi connectivity index (χ0n) is 29.1. The molecule has 4 rings (SSSR count). The van der Waals surface area contributed by atoms with Crippen LogP contribution in [0.2, 0.25) is 0 Å². The van der Waals surface area contributed by atoms with Gasteiger partial charge in [0.25, 0.3) is 0 Å². The number of methoxy groups -OCH3 is 1. The summed E-state index contributed by atoms with van der Waals surface area (Å²) >= 11 is 0. The Morgan fingerprint density at radius 3 is 2.47 bits per heavy atom. The standard InChI is InChI=1S/C35H49N7O7/c1-8-11-12-13-14-15-27(36-33(46)49-34(4,5)6)31(44)41-22-23(29-38-40-42(39-29)25-16-18-26(47-7)19-17-25)20-28(41)30(43)37-35(21-24(35)9-2)32(45)48-10-3/h8-9,16-19,23-24,27-28H,1-2,10-15,20-22H2,3-7H3,(H,36,46)(H,37,43)/t23-,24?,27+,28+,35?/m1/s1. The Bertz CT molecular complexity index is 1500. The maximum atomic E-state index is 14.4. The zero-order chi connectivity index (χ0) is 35.8. The average molecular weight is 680 g/mol. The Kier molecular flexibility index (Phi) is 12.2. The molecule has 2 fully saturated rings. The van der Waals surface area contributed by atoms with Crippen LogP contribution in [0, 0.1) is 5.92 Å². The topological polar surface area (TPSA) is 167 Å². The van der Waals surface area contributed by atoms with Gasteiger partial charge in [-0.1, -0.05) is 25.0 Å². The van der Waals surface area contributed by atoms with E-state index in [0.29, 0.717) is 36.5 Å². The van der Waals surface area contributed by atoms with Crippen LogP contribution in [0.1, 0.15) is 84.4 Å². The molecule has 14 heteroatoms. The van der Waals surface area contributed by atoms with E-state index < -0.39 is 53.0 Å². The van der Waals surface area contributed by atoms with Crippen LogP contribution in [0.15, 0.2) is 49.6 Å². The number of aromatic nitrogens is 4. The van der Waals surface area contributed by atoms with Gasteiger partial charge in [-0.25, -0.2) is 9.59 Å². The van der Waals surface area contributed by atoms with Gasteiger partial charge in [0.15, 0.2) is 5.82 Å². The fourth-order valence-corrected chi connectivity index (χ4v) is 6.01. The number of esters is 1. The SMILES string of the molecule is C=CCCCCC[C@H](NC(=O)OC(C)(C)C)C(=O)N1C[C@H](c2nnn(-c3ccc(OC)cc3)n2)C[C@H]1C(=O)NC1(C(=O)OCC)CC1C=C. The van der Waals surface area contributed by atoms with E-state index in [1.807, 2.05) is 6.08 Å². The summed E-state index contributed by atoms with van der Waals surface area (Å²) in [4.78, 5) is 57.2. The number of carbonyl (C=O) groups excluding carboxylic acids is 4. The first kappa shape index (κ1) is 37.1. The third-order valence-electron chi connectivity index (χ3n) is 8.66. The van der Waals surface area contributed by atoms with E-state index >= 15 is 0 Å². The molecule has 2 unspecified atom stereocenters. The number of nitrogens with one attached hydrogen (secondary N) is 2. The molecule has 1 saturated carbocycles. The fraction of sp³-hybridized carbons (Fsp3) is 0.571. The van der Waals surface area contributed by atoms with E-state index in [1.54, 1.807) is 65.1 Å². The lowest BCUT2D eigenvalue weighted by atomic mass is 10.0. The molecule has 1 saturated heterocycles. The number of unbranched alkanes of at least 4 members (excludes halogenated alkanes) is 3. The third kappa shape index (κ3) is 9.24. The van der Waals surface area contributed by atoms with Gasteiger partial charge < -0.3 is 29.7 Å². The van der Waals surface area contributed by atoms with E-state index in [4.69, 9.17) is 14.2 Å². The van der Waals surface area contributed by atoms with Gasteiger partial charge in [0, 0.05) is 18.4 Å². The van der Waals surface area contributed by atoms with Crippen molar-refractivity contribution in [3.8, 4) is 11.4 Å². The van der Waals surface area contributed by atoms with E-state index in [0.717, 1.165) is 19.3 Å². The molecule has 2 N–H and O–H groups in total. The normalized spacial score (nSPS) is 22.1. The molecule has 1 aliphatic carbocycles. The molecule has 266 valence electrons. The zero-order valence-corrected chi connectivity index (χ0v) is 29.1. The van der Waals surface area contributed by atoms with Crippen LogP contribution in [0.5, 0.6) is 5.75 Å². The lowest BCUT2D eigenvalue weighted by Gasteiger charge is -2.30. The number of hydrogen-bond donors (Lipinski definition) is 2. The van der Waals surface area contributed by atoms with E-state index in [1.165, 1.54) is 9.70 Å². The van der Waals surface area contributed by atoms with Crippen LogP contribution in [0.25, 0.3) is 5.69 Å². The number of likely N-dealkylation sites (tertiary alicyclic amines) is 1. The lowest BCUT2D eigenvalue weighted by Crippen LogP contribution is -2.56. The van der Waals surface area contributed by atoms with Gasteiger partial charge in [-0.05, 0) is 89.3 Å². The minimum atomic E-state index is -1.25. The first-order valence-electron chi connectivity index (χ1n) is 16.8. The number of nitrogens with zero attached hydrogens (tertiary/aromatic N) is 5.